The third kappa shape index (κ3) is 3.44. The second-order valence-electron chi connectivity index (χ2n) is 4.80. The number of ether oxygens (including phenoxy) is 1. The molecule has 8 heteroatoms. The van der Waals surface area contributed by atoms with Crippen LogP contribution in [0.4, 0.5) is 5.95 Å². The van der Waals surface area contributed by atoms with E-state index in [4.69, 9.17) is 9.15 Å². The van der Waals surface area contributed by atoms with E-state index in [1.54, 1.807) is 0 Å². The largest absolute Gasteiger partial charge is 0.467 e. The fourth-order valence-corrected chi connectivity index (χ4v) is 2.47. The Labute approximate surface area is 127 Å². The van der Waals surface area contributed by atoms with E-state index in [0.29, 0.717) is 17.0 Å². The molecular formula is C13H17N5O2S. The average molecular weight is 307 g/mol. The lowest BCUT2D eigenvalue weighted by Gasteiger charge is -2.16. The van der Waals surface area contributed by atoms with Gasteiger partial charge in [-0.25, -0.2) is 4.98 Å². The quantitative estimate of drug-likeness (QED) is 0.777. The van der Waals surface area contributed by atoms with Crippen molar-refractivity contribution in [3.63, 3.8) is 0 Å². The Bertz CT molecular complexity index is 612. The predicted octanol–water partition coefficient (Wildman–Crippen LogP) is 2.07. The van der Waals surface area contributed by atoms with E-state index in [2.05, 4.69) is 25.1 Å². The molecule has 0 aliphatic carbocycles. The molecule has 0 bridgehead atoms. The van der Waals surface area contributed by atoms with Crippen LogP contribution in [0.3, 0.4) is 0 Å². The first kappa shape index (κ1) is 14.1. The summed E-state index contributed by atoms with van der Waals surface area (Å²) < 4.78 is 11.0. The van der Waals surface area contributed by atoms with Gasteiger partial charge in [0.05, 0.1) is 0 Å². The zero-order valence-electron chi connectivity index (χ0n) is 12.1. The molecule has 1 aliphatic heterocycles. The highest BCUT2D eigenvalue weighted by molar-refractivity contribution is 7.98. The van der Waals surface area contributed by atoms with Gasteiger partial charge in [-0.15, -0.1) is 10.2 Å². The first-order chi connectivity index (χ1) is 10.2. The van der Waals surface area contributed by atoms with Crippen LogP contribution in [0.1, 0.15) is 24.4 Å². The van der Waals surface area contributed by atoms with E-state index in [0.717, 1.165) is 24.7 Å². The molecule has 2 aromatic rings. The summed E-state index contributed by atoms with van der Waals surface area (Å²) >= 11 is 1.40. The maximum Gasteiger partial charge on any atom is 0.276 e. The standard InChI is InChI=1S/C13H17N5O2S/c1-9-7-10(15-12(14-9)18-5-3-4-6-18)19-8-11-16-17-13(20-11)21-2/h7H,3-6,8H2,1-2H3. The van der Waals surface area contributed by atoms with Crippen molar-refractivity contribution in [1.29, 1.82) is 0 Å². The molecule has 0 atom stereocenters. The Hall–Kier alpha value is -1.83. The van der Waals surface area contributed by atoms with Crippen LogP contribution in [0, 0.1) is 6.92 Å². The summed E-state index contributed by atoms with van der Waals surface area (Å²) in [7, 11) is 0. The van der Waals surface area contributed by atoms with Crippen LogP contribution < -0.4 is 9.64 Å². The zero-order valence-corrected chi connectivity index (χ0v) is 12.9. The lowest BCUT2D eigenvalue weighted by molar-refractivity contribution is 0.243. The molecule has 7 nitrogen and oxygen atoms in total. The number of aryl methyl sites for hydroxylation is 1. The molecule has 2 aromatic heterocycles. The van der Waals surface area contributed by atoms with Gasteiger partial charge in [-0.1, -0.05) is 11.8 Å². The van der Waals surface area contributed by atoms with Crippen molar-refractivity contribution in [2.75, 3.05) is 24.2 Å². The van der Waals surface area contributed by atoms with Gasteiger partial charge < -0.3 is 14.1 Å². The number of anilines is 1. The first-order valence-electron chi connectivity index (χ1n) is 6.84. The molecule has 0 N–H and O–H groups in total. The van der Waals surface area contributed by atoms with Gasteiger partial charge in [-0.2, -0.15) is 4.98 Å². The van der Waals surface area contributed by atoms with Crippen molar-refractivity contribution < 1.29 is 9.15 Å². The maximum atomic E-state index is 5.65. The molecule has 3 heterocycles. The van der Waals surface area contributed by atoms with Gasteiger partial charge in [-0.3, -0.25) is 0 Å². The summed E-state index contributed by atoms with van der Waals surface area (Å²) in [6.07, 6.45) is 4.26. The fraction of sp³-hybridized carbons (Fsp3) is 0.538. The minimum atomic E-state index is 0.212. The van der Waals surface area contributed by atoms with Crippen molar-refractivity contribution >= 4 is 17.7 Å². The van der Waals surface area contributed by atoms with Crippen LogP contribution in [0.25, 0.3) is 0 Å². The molecule has 0 amide bonds. The lowest BCUT2D eigenvalue weighted by Crippen LogP contribution is -2.21. The molecule has 0 radical (unpaired) electrons. The van der Waals surface area contributed by atoms with E-state index in [1.165, 1.54) is 24.6 Å². The molecule has 21 heavy (non-hydrogen) atoms. The summed E-state index contributed by atoms with van der Waals surface area (Å²) in [5, 5.41) is 8.31. The second-order valence-corrected chi connectivity index (χ2v) is 5.55. The van der Waals surface area contributed by atoms with Crippen LogP contribution in [-0.4, -0.2) is 39.5 Å². The molecule has 112 valence electrons. The molecule has 0 aromatic carbocycles. The van der Waals surface area contributed by atoms with Gasteiger partial charge >= 0.3 is 0 Å². The minimum absolute atomic E-state index is 0.212. The average Bonchev–Trinajstić information content (AvgIpc) is 3.16. The van der Waals surface area contributed by atoms with Crippen molar-refractivity contribution in [3.8, 4) is 5.88 Å². The number of thioether (sulfide) groups is 1. The molecule has 1 aliphatic rings. The van der Waals surface area contributed by atoms with Gasteiger partial charge in [0.25, 0.3) is 11.1 Å². The van der Waals surface area contributed by atoms with Crippen LogP contribution in [0.2, 0.25) is 0 Å². The van der Waals surface area contributed by atoms with Gasteiger partial charge in [0.15, 0.2) is 6.61 Å². The van der Waals surface area contributed by atoms with E-state index >= 15 is 0 Å². The van der Waals surface area contributed by atoms with E-state index in [9.17, 15) is 0 Å². The second kappa shape index (κ2) is 6.30. The molecule has 0 spiro atoms. The summed E-state index contributed by atoms with van der Waals surface area (Å²) in [5.74, 6) is 1.71. The van der Waals surface area contributed by atoms with Crippen molar-refractivity contribution in [2.24, 2.45) is 0 Å². The summed E-state index contributed by atoms with van der Waals surface area (Å²) in [6.45, 7) is 4.16. The molecule has 0 unspecified atom stereocenters. The van der Waals surface area contributed by atoms with Gasteiger partial charge in [-0.05, 0) is 26.0 Å². The number of nitrogens with zero attached hydrogens (tertiary/aromatic N) is 5. The fourth-order valence-electron chi connectivity index (χ4n) is 2.17. The zero-order chi connectivity index (χ0) is 14.7. The molecule has 0 saturated carbocycles. The molecular weight excluding hydrogens is 290 g/mol. The minimum Gasteiger partial charge on any atom is -0.467 e. The first-order valence-corrected chi connectivity index (χ1v) is 8.07. The Morgan fingerprint density at radius 1 is 1.29 bits per heavy atom. The van der Waals surface area contributed by atoms with E-state index < -0.39 is 0 Å². The number of aromatic nitrogens is 4. The van der Waals surface area contributed by atoms with Crippen molar-refractivity contribution in [3.05, 3.63) is 17.7 Å². The highest BCUT2D eigenvalue weighted by Gasteiger charge is 2.16. The van der Waals surface area contributed by atoms with Crippen molar-refractivity contribution in [2.45, 2.75) is 31.6 Å². The monoisotopic (exact) mass is 307 g/mol. The molecule has 1 fully saturated rings. The van der Waals surface area contributed by atoms with Crippen LogP contribution in [0.5, 0.6) is 5.88 Å². The van der Waals surface area contributed by atoms with Gasteiger partial charge in [0.1, 0.15) is 0 Å². The highest BCUT2D eigenvalue weighted by Crippen LogP contribution is 2.20. The van der Waals surface area contributed by atoms with Gasteiger partial charge in [0, 0.05) is 24.8 Å². The number of hydrogen-bond donors (Lipinski definition) is 0. The molecule has 1 saturated heterocycles. The smallest absolute Gasteiger partial charge is 0.276 e. The SMILES string of the molecule is CSc1nnc(COc2cc(C)nc(N3CCCC3)n2)o1. The Balaban J connectivity index is 1.69. The summed E-state index contributed by atoms with van der Waals surface area (Å²) in [4.78, 5) is 11.1. The topological polar surface area (TPSA) is 77.2 Å². The van der Waals surface area contributed by atoms with E-state index in [-0.39, 0.29) is 6.61 Å². The molecule has 3 rings (SSSR count). The van der Waals surface area contributed by atoms with Crippen LogP contribution >= 0.6 is 11.8 Å². The van der Waals surface area contributed by atoms with E-state index in [1.807, 2.05) is 19.2 Å². The normalized spacial score (nSPS) is 14.7. The summed E-state index contributed by atoms with van der Waals surface area (Å²) in [5.41, 5.74) is 0.886. The Morgan fingerprint density at radius 3 is 2.81 bits per heavy atom. The number of hydrogen-bond acceptors (Lipinski definition) is 8. The third-order valence-corrected chi connectivity index (χ3v) is 3.69. The van der Waals surface area contributed by atoms with Gasteiger partial charge in [0.2, 0.25) is 11.8 Å². The van der Waals surface area contributed by atoms with Crippen molar-refractivity contribution in [1.82, 2.24) is 20.2 Å². The maximum absolute atomic E-state index is 5.65. The highest BCUT2D eigenvalue weighted by atomic mass is 32.2. The lowest BCUT2D eigenvalue weighted by atomic mass is 10.4. The number of rotatable bonds is 5. The third-order valence-electron chi connectivity index (χ3n) is 3.17. The Morgan fingerprint density at radius 2 is 2.10 bits per heavy atom. The predicted molar refractivity (Wildman–Crippen MR) is 78.6 cm³/mol. The Kier molecular flexibility index (Phi) is 4.23. The van der Waals surface area contributed by atoms with Crippen LogP contribution in [0.15, 0.2) is 15.7 Å². The van der Waals surface area contributed by atoms with Crippen LogP contribution in [-0.2, 0) is 6.61 Å². The summed E-state index contributed by atoms with van der Waals surface area (Å²) in [6, 6.07) is 1.81.